The summed E-state index contributed by atoms with van der Waals surface area (Å²) in [7, 11) is 2.90. The number of phenolic OH excluding ortho intramolecular Hbond substituents is 1. The third-order valence-electron chi connectivity index (χ3n) is 5.48. The highest BCUT2D eigenvalue weighted by atomic mass is 16.5. The molecule has 0 aliphatic carbocycles. The van der Waals surface area contributed by atoms with Crippen molar-refractivity contribution in [3.05, 3.63) is 89.3 Å². The average molecular weight is 446 g/mol. The topological polar surface area (TPSA) is 109 Å². The molecule has 0 saturated carbocycles. The molecule has 8 heteroatoms. The van der Waals surface area contributed by atoms with Crippen molar-refractivity contribution < 1.29 is 29.3 Å². The van der Waals surface area contributed by atoms with Gasteiger partial charge < -0.3 is 24.6 Å². The van der Waals surface area contributed by atoms with Gasteiger partial charge in [-0.15, -0.1) is 0 Å². The fraction of sp³-hybridized carbons (Fsp3) is 0.160. The minimum atomic E-state index is -0.911. The van der Waals surface area contributed by atoms with Gasteiger partial charge in [-0.05, 0) is 41.5 Å². The van der Waals surface area contributed by atoms with E-state index < -0.39 is 17.7 Å². The molecule has 0 bridgehead atoms. The number of aromatic nitrogens is 1. The fourth-order valence-electron chi connectivity index (χ4n) is 3.87. The molecule has 1 aliphatic heterocycles. The number of ketones is 1. The Kier molecular flexibility index (Phi) is 5.99. The second-order valence-corrected chi connectivity index (χ2v) is 7.45. The van der Waals surface area contributed by atoms with E-state index in [1.807, 2.05) is 0 Å². The van der Waals surface area contributed by atoms with Crippen molar-refractivity contribution in [2.75, 3.05) is 14.2 Å². The number of benzene rings is 2. The highest BCUT2D eigenvalue weighted by molar-refractivity contribution is 6.46. The minimum Gasteiger partial charge on any atom is -0.507 e. The van der Waals surface area contributed by atoms with E-state index in [1.54, 1.807) is 60.9 Å². The molecule has 1 saturated heterocycles. The summed E-state index contributed by atoms with van der Waals surface area (Å²) < 4.78 is 10.4. The molecule has 3 aromatic rings. The number of carbonyl (C=O) groups is 2. The molecule has 1 amide bonds. The SMILES string of the molecule is COc1cccc(C(O)=C2C(=O)C(=O)N(Cc3cccnc3)C2c2ccc(O)c(OC)c2)c1. The van der Waals surface area contributed by atoms with Crippen LogP contribution in [0.25, 0.3) is 5.76 Å². The van der Waals surface area contributed by atoms with E-state index in [1.165, 1.54) is 25.2 Å². The van der Waals surface area contributed by atoms with Gasteiger partial charge in [-0.2, -0.15) is 0 Å². The van der Waals surface area contributed by atoms with E-state index in [9.17, 15) is 19.8 Å². The molecule has 1 aliphatic rings. The molecular weight excluding hydrogens is 424 g/mol. The minimum absolute atomic E-state index is 0.0649. The number of aliphatic hydroxyl groups excluding tert-OH is 1. The van der Waals surface area contributed by atoms with Gasteiger partial charge in [0.05, 0.1) is 25.8 Å². The van der Waals surface area contributed by atoms with Gasteiger partial charge in [0.1, 0.15) is 11.5 Å². The number of hydrogen-bond acceptors (Lipinski definition) is 7. The Morgan fingerprint density at radius 3 is 2.58 bits per heavy atom. The van der Waals surface area contributed by atoms with Gasteiger partial charge in [-0.3, -0.25) is 14.6 Å². The van der Waals surface area contributed by atoms with Crippen molar-refractivity contribution in [3.8, 4) is 17.2 Å². The molecule has 0 radical (unpaired) electrons. The van der Waals surface area contributed by atoms with Crippen LogP contribution in [0.3, 0.4) is 0 Å². The van der Waals surface area contributed by atoms with Crippen LogP contribution in [-0.4, -0.2) is 46.0 Å². The van der Waals surface area contributed by atoms with E-state index in [4.69, 9.17) is 9.47 Å². The van der Waals surface area contributed by atoms with E-state index >= 15 is 0 Å². The number of amides is 1. The Morgan fingerprint density at radius 2 is 1.88 bits per heavy atom. The largest absolute Gasteiger partial charge is 0.507 e. The first kappa shape index (κ1) is 21.9. The Balaban J connectivity index is 1.90. The standard InChI is InChI=1S/C25H22N2O6/c1-32-18-7-3-6-17(11-18)23(29)21-22(16-8-9-19(28)20(12-16)33-2)27(25(31)24(21)30)14-15-5-4-10-26-13-15/h3-13,22,28-29H,14H2,1-2H3. The second kappa shape index (κ2) is 9.04. The first-order valence-electron chi connectivity index (χ1n) is 10.1. The number of likely N-dealkylation sites (tertiary alicyclic amines) is 1. The highest BCUT2D eigenvalue weighted by Gasteiger charge is 2.46. The van der Waals surface area contributed by atoms with Crippen LogP contribution < -0.4 is 9.47 Å². The van der Waals surface area contributed by atoms with Crippen molar-refractivity contribution in [2.45, 2.75) is 12.6 Å². The summed E-state index contributed by atoms with van der Waals surface area (Å²) in [6.45, 7) is 0.0984. The van der Waals surface area contributed by atoms with Crippen molar-refractivity contribution in [1.29, 1.82) is 0 Å². The highest BCUT2D eigenvalue weighted by Crippen LogP contribution is 2.42. The van der Waals surface area contributed by atoms with Gasteiger partial charge in [0.2, 0.25) is 0 Å². The predicted molar refractivity (Wildman–Crippen MR) is 120 cm³/mol. The number of rotatable bonds is 6. The summed E-state index contributed by atoms with van der Waals surface area (Å²) in [5.74, 6) is -1.29. The summed E-state index contributed by atoms with van der Waals surface area (Å²) >= 11 is 0. The lowest BCUT2D eigenvalue weighted by molar-refractivity contribution is -0.140. The van der Waals surface area contributed by atoms with Crippen molar-refractivity contribution in [1.82, 2.24) is 9.88 Å². The molecule has 33 heavy (non-hydrogen) atoms. The molecule has 2 N–H and O–H groups in total. The number of ether oxygens (including phenoxy) is 2. The number of carbonyl (C=O) groups excluding carboxylic acids is 2. The van der Waals surface area contributed by atoms with Crippen LogP contribution in [-0.2, 0) is 16.1 Å². The van der Waals surface area contributed by atoms with Crippen molar-refractivity contribution in [3.63, 3.8) is 0 Å². The lowest BCUT2D eigenvalue weighted by atomic mass is 9.94. The van der Waals surface area contributed by atoms with Crippen LogP contribution in [0.15, 0.2) is 72.6 Å². The number of aliphatic hydroxyl groups is 1. The first-order valence-corrected chi connectivity index (χ1v) is 10.1. The molecule has 2 heterocycles. The van der Waals surface area contributed by atoms with Gasteiger partial charge in [0, 0.05) is 24.5 Å². The average Bonchev–Trinajstić information content (AvgIpc) is 3.09. The predicted octanol–water partition coefficient (Wildman–Crippen LogP) is 3.43. The van der Waals surface area contributed by atoms with Gasteiger partial charge in [-0.25, -0.2) is 0 Å². The summed E-state index contributed by atoms with van der Waals surface area (Å²) in [6, 6.07) is 13.8. The molecule has 1 atom stereocenters. The number of methoxy groups -OCH3 is 2. The monoisotopic (exact) mass is 446 g/mol. The number of aromatic hydroxyl groups is 1. The fourth-order valence-corrected chi connectivity index (χ4v) is 3.87. The van der Waals surface area contributed by atoms with E-state index in [0.717, 1.165) is 5.56 Å². The van der Waals surface area contributed by atoms with E-state index in [0.29, 0.717) is 16.9 Å². The number of nitrogens with zero attached hydrogens (tertiary/aromatic N) is 2. The number of phenols is 1. The molecule has 1 unspecified atom stereocenters. The molecule has 168 valence electrons. The maximum atomic E-state index is 13.1. The quantitative estimate of drug-likeness (QED) is 0.339. The molecule has 1 aromatic heterocycles. The summed E-state index contributed by atoms with van der Waals surface area (Å²) in [4.78, 5) is 31.7. The molecular formula is C25H22N2O6. The molecule has 4 rings (SSSR count). The Hall–Kier alpha value is -4.33. The van der Waals surface area contributed by atoms with Gasteiger partial charge in [-0.1, -0.05) is 24.3 Å². The number of Topliss-reactive ketones (excluding diaryl/α,β-unsaturated/α-hetero) is 1. The Morgan fingerprint density at radius 1 is 1.06 bits per heavy atom. The van der Waals surface area contributed by atoms with Crippen LogP contribution in [0.2, 0.25) is 0 Å². The number of pyridine rings is 1. The van der Waals surface area contributed by atoms with Crippen molar-refractivity contribution >= 4 is 17.4 Å². The van der Waals surface area contributed by atoms with Gasteiger partial charge in [0.25, 0.3) is 11.7 Å². The lowest BCUT2D eigenvalue weighted by Gasteiger charge is -2.25. The normalized spacial score (nSPS) is 17.3. The van der Waals surface area contributed by atoms with Crippen LogP contribution in [0.1, 0.15) is 22.7 Å². The van der Waals surface area contributed by atoms with Gasteiger partial charge >= 0.3 is 0 Å². The maximum Gasteiger partial charge on any atom is 0.295 e. The molecule has 0 spiro atoms. The van der Waals surface area contributed by atoms with Crippen LogP contribution in [0.5, 0.6) is 17.2 Å². The smallest absolute Gasteiger partial charge is 0.295 e. The van der Waals surface area contributed by atoms with E-state index in [-0.39, 0.29) is 29.4 Å². The van der Waals surface area contributed by atoms with E-state index in [2.05, 4.69) is 4.98 Å². The molecule has 2 aromatic carbocycles. The zero-order valence-electron chi connectivity index (χ0n) is 18.1. The summed E-state index contributed by atoms with van der Waals surface area (Å²) in [5.41, 5.74) is 1.49. The van der Waals surface area contributed by atoms with Crippen molar-refractivity contribution in [2.24, 2.45) is 0 Å². The third-order valence-corrected chi connectivity index (χ3v) is 5.48. The Bertz CT molecular complexity index is 1240. The first-order chi connectivity index (χ1) is 15.9. The molecule has 8 nitrogen and oxygen atoms in total. The Labute approximate surface area is 190 Å². The second-order valence-electron chi connectivity index (χ2n) is 7.45. The summed E-state index contributed by atoms with van der Waals surface area (Å²) in [5, 5.41) is 21.2. The van der Waals surface area contributed by atoms with Gasteiger partial charge in [0.15, 0.2) is 11.5 Å². The van der Waals surface area contributed by atoms with Crippen LogP contribution in [0.4, 0.5) is 0 Å². The summed E-state index contributed by atoms with van der Waals surface area (Å²) in [6.07, 6.45) is 3.22. The lowest BCUT2D eigenvalue weighted by Crippen LogP contribution is -2.29. The third kappa shape index (κ3) is 4.10. The maximum absolute atomic E-state index is 13.1. The molecule has 1 fully saturated rings. The zero-order chi connectivity index (χ0) is 23.5. The zero-order valence-corrected chi connectivity index (χ0v) is 18.1. The van der Waals surface area contributed by atoms with Crippen LogP contribution >= 0.6 is 0 Å². The van der Waals surface area contributed by atoms with Crippen LogP contribution in [0, 0.1) is 0 Å². The number of hydrogen-bond donors (Lipinski definition) is 2.